The van der Waals surface area contributed by atoms with Crippen molar-refractivity contribution in [3.05, 3.63) is 38.4 Å². The molecule has 3 aromatic heterocycles. The molecular weight excluding hydrogens is 372 g/mol. The summed E-state index contributed by atoms with van der Waals surface area (Å²) in [6, 6.07) is 1.56. The number of hydrogen-bond acceptors (Lipinski definition) is 8. The molecule has 0 saturated carbocycles. The maximum absolute atomic E-state index is 12.6. The molecule has 0 spiro atoms. The van der Waals surface area contributed by atoms with Crippen molar-refractivity contribution in [3.63, 3.8) is 0 Å². The Morgan fingerprint density at radius 1 is 1.37 bits per heavy atom. The summed E-state index contributed by atoms with van der Waals surface area (Å²) in [7, 11) is 0. The second kappa shape index (κ2) is 7.31. The molecule has 0 fully saturated rings. The van der Waals surface area contributed by atoms with Gasteiger partial charge in [0.25, 0.3) is 11.5 Å². The highest BCUT2D eigenvalue weighted by molar-refractivity contribution is 7.20. The fourth-order valence-electron chi connectivity index (χ4n) is 2.58. The van der Waals surface area contributed by atoms with Crippen LogP contribution in [-0.4, -0.2) is 33.1 Å². The van der Waals surface area contributed by atoms with Gasteiger partial charge < -0.3 is 19.6 Å². The standard InChI is InChI=1S/C17H18N4O5S/c1-5-10(14(22)20-11-6-7(2)26-21-11)25-17(24)13-8(3)12-15(23)18-9(4)19-16(12)27-13/h6,10H,5H2,1-4H3,(H,18,19,23)(H,20,21,22). The molecule has 0 aromatic carbocycles. The lowest BCUT2D eigenvalue weighted by Crippen LogP contribution is -2.32. The first-order chi connectivity index (χ1) is 12.8. The Morgan fingerprint density at radius 2 is 2.11 bits per heavy atom. The fraction of sp³-hybridized carbons (Fsp3) is 0.353. The van der Waals surface area contributed by atoms with Crippen molar-refractivity contribution in [3.8, 4) is 0 Å². The van der Waals surface area contributed by atoms with Crippen LogP contribution in [0.5, 0.6) is 0 Å². The maximum atomic E-state index is 12.6. The van der Waals surface area contributed by atoms with Gasteiger partial charge >= 0.3 is 5.97 Å². The maximum Gasteiger partial charge on any atom is 0.349 e. The first-order valence-electron chi connectivity index (χ1n) is 8.25. The SMILES string of the molecule is CCC(OC(=O)c1sc2nc(C)[nH]c(=O)c2c1C)C(=O)Nc1cc(C)on1. The third-order valence-electron chi connectivity index (χ3n) is 3.90. The van der Waals surface area contributed by atoms with E-state index in [0.29, 0.717) is 27.4 Å². The number of thiophene rings is 1. The molecule has 3 rings (SSSR count). The second-order valence-electron chi connectivity index (χ2n) is 6.00. The van der Waals surface area contributed by atoms with Crippen molar-refractivity contribution in [2.24, 2.45) is 0 Å². The topological polar surface area (TPSA) is 127 Å². The van der Waals surface area contributed by atoms with Gasteiger partial charge in [-0.3, -0.25) is 9.59 Å². The molecule has 0 aliphatic carbocycles. The number of esters is 1. The molecule has 1 unspecified atom stereocenters. The van der Waals surface area contributed by atoms with Gasteiger partial charge in [0.1, 0.15) is 21.3 Å². The number of carbonyl (C=O) groups is 2. The van der Waals surface area contributed by atoms with Crippen LogP contribution in [0.1, 0.15) is 40.2 Å². The first kappa shape index (κ1) is 18.8. The Morgan fingerprint density at radius 3 is 2.74 bits per heavy atom. The largest absolute Gasteiger partial charge is 0.448 e. The number of amides is 1. The summed E-state index contributed by atoms with van der Waals surface area (Å²) < 4.78 is 10.3. The molecule has 0 aliphatic heterocycles. The van der Waals surface area contributed by atoms with Gasteiger partial charge in [0.2, 0.25) is 0 Å². The van der Waals surface area contributed by atoms with E-state index in [0.717, 1.165) is 11.3 Å². The van der Waals surface area contributed by atoms with Crippen LogP contribution in [0.15, 0.2) is 15.4 Å². The third-order valence-corrected chi connectivity index (χ3v) is 5.06. The summed E-state index contributed by atoms with van der Waals surface area (Å²) in [4.78, 5) is 44.6. The highest BCUT2D eigenvalue weighted by Gasteiger charge is 2.26. The quantitative estimate of drug-likeness (QED) is 0.641. The average Bonchev–Trinajstić information content (AvgIpc) is 3.15. The van der Waals surface area contributed by atoms with E-state index in [1.807, 2.05) is 0 Å². The van der Waals surface area contributed by atoms with E-state index in [4.69, 9.17) is 9.26 Å². The molecule has 9 nitrogen and oxygen atoms in total. The molecule has 3 heterocycles. The first-order valence-corrected chi connectivity index (χ1v) is 9.07. The van der Waals surface area contributed by atoms with E-state index in [1.165, 1.54) is 0 Å². The fourth-order valence-corrected chi connectivity index (χ4v) is 3.69. The van der Waals surface area contributed by atoms with Crippen molar-refractivity contribution in [2.75, 3.05) is 5.32 Å². The number of nitrogens with one attached hydrogen (secondary N) is 2. The summed E-state index contributed by atoms with van der Waals surface area (Å²) in [5.41, 5.74) is 0.174. The molecule has 10 heteroatoms. The molecule has 2 N–H and O–H groups in total. The van der Waals surface area contributed by atoms with Gasteiger partial charge in [0.05, 0.1) is 5.39 Å². The number of aromatic nitrogens is 3. The number of hydrogen-bond donors (Lipinski definition) is 2. The van der Waals surface area contributed by atoms with Crippen molar-refractivity contribution in [2.45, 2.75) is 40.2 Å². The molecular formula is C17H18N4O5S. The number of fused-ring (bicyclic) bond motifs is 1. The molecule has 27 heavy (non-hydrogen) atoms. The number of carbonyl (C=O) groups excluding carboxylic acids is 2. The van der Waals surface area contributed by atoms with Crippen molar-refractivity contribution in [1.82, 2.24) is 15.1 Å². The predicted octanol–water partition coefficient (Wildman–Crippen LogP) is 2.47. The smallest absolute Gasteiger partial charge is 0.349 e. The zero-order valence-corrected chi connectivity index (χ0v) is 16.0. The third kappa shape index (κ3) is 3.75. The summed E-state index contributed by atoms with van der Waals surface area (Å²) in [6.45, 7) is 6.73. The van der Waals surface area contributed by atoms with Gasteiger partial charge in [-0.15, -0.1) is 11.3 Å². The normalized spacial score (nSPS) is 12.1. The predicted molar refractivity (Wildman–Crippen MR) is 99.1 cm³/mol. The lowest BCUT2D eigenvalue weighted by atomic mass is 10.2. The Kier molecular flexibility index (Phi) is 5.08. The molecule has 0 bridgehead atoms. The van der Waals surface area contributed by atoms with Gasteiger partial charge in [-0.05, 0) is 32.8 Å². The molecule has 142 valence electrons. The monoisotopic (exact) mass is 390 g/mol. The van der Waals surface area contributed by atoms with Crippen LogP contribution in [-0.2, 0) is 9.53 Å². The van der Waals surface area contributed by atoms with Crippen LogP contribution >= 0.6 is 11.3 Å². The number of H-pyrrole nitrogens is 1. The Hall–Kier alpha value is -3.01. The van der Waals surface area contributed by atoms with Gasteiger partial charge in [-0.1, -0.05) is 12.1 Å². The van der Waals surface area contributed by atoms with Crippen molar-refractivity contribution < 1.29 is 18.8 Å². The molecule has 3 aromatic rings. The summed E-state index contributed by atoms with van der Waals surface area (Å²) in [5.74, 6) is 0.0681. The van der Waals surface area contributed by atoms with Crippen LogP contribution in [0, 0.1) is 20.8 Å². The zero-order chi connectivity index (χ0) is 19.7. The summed E-state index contributed by atoms with van der Waals surface area (Å²) >= 11 is 1.07. The van der Waals surface area contributed by atoms with Crippen molar-refractivity contribution >= 4 is 39.2 Å². The zero-order valence-electron chi connectivity index (χ0n) is 15.2. The minimum Gasteiger partial charge on any atom is -0.448 e. The minimum absolute atomic E-state index is 0.247. The van der Waals surface area contributed by atoms with Gasteiger partial charge in [-0.2, -0.15) is 0 Å². The number of aryl methyl sites for hydroxylation is 3. The Balaban J connectivity index is 1.81. The molecule has 1 atom stereocenters. The van der Waals surface area contributed by atoms with E-state index in [-0.39, 0.29) is 22.7 Å². The van der Waals surface area contributed by atoms with E-state index in [9.17, 15) is 14.4 Å². The number of ether oxygens (including phenoxy) is 1. The minimum atomic E-state index is -1.01. The highest BCUT2D eigenvalue weighted by atomic mass is 32.1. The van der Waals surface area contributed by atoms with E-state index in [1.54, 1.807) is 33.8 Å². The lowest BCUT2D eigenvalue weighted by Gasteiger charge is -2.14. The van der Waals surface area contributed by atoms with Crippen LogP contribution in [0.25, 0.3) is 10.2 Å². The number of anilines is 1. The van der Waals surface area contributed by atoms with Gasteiger partial charge in [0, 0.05) is 6.07 Å². The number of rotatable bonds is 5. The molecule has 0 saturated heterocycles. The van der Waals surface area contributed by atoms with Crippen LogP contribution in [0.3, 0.4) is 0 Å². The Labute approximate surface area is 157 Å². The molecule has 0 aliphatic rings. The second-order valence-corrected chi connectivity index (χ2v) is 7.00. The summed E-state index contributed by atoms with van der Waals surface area (Å²) in [5, 5.41) is 6.58. The van der Waals surface area contributed by atoms with E-state index < -0.39 is 18.0 Å². The Bertz CT molecular complexity index is 1080. The van der Waals surface area contributed by atoms with E-state index in [2.05, 4.69) is 20.4 Å². The summed E-state index contributed by atoms with van der Waals surface area (Å²) in [6.07, 6.45) is -0.733. The van der Waals surface area contributed by atoms with Gasteiger partial charge in [-0.25, -0.2) is 9.78 Å². The van der Waals surface area contributed by atoms with Crippen LogP contribution in [0.4, 0.5) is 5.82 Å². The van der Waals surface area contributed by atoms with Crippen molar-refractivity contribution in [1.29, 1.82) is 0 Å². The number of nitrogens with zero attached hydrogens (tertiary/aromatic N) is 2. The van der Waals surface area contributed by atoms with Crippen LogP contribution < -0.4 is 10.9 Å². The van der Waals surface area contributed by atoms with E-state index >= 15 is 0 Å². The van der Waals surface area contributed by atoms with Crippen LogP contribution in [0.2, 0.25) is 0 Å². The number of aromatic amines is 1. The highest BCUT2D eigenvalue weighted by Crippen LogP contribution is 2.28. The average molecular weight is 390 g/mol. The van der Waals surface area contributed by atoms with Gasteiger partial charge in [0.15, 0.2) is 11.9 Å². The lowest BCUT2D eigenvalue weighted by molar-refractivity contribution is -0.124. The molecule has 0 radical (unpaired) electrons. The molecule has 1 amide bonds.